The van der Waals surface area contributed by atoms with E-state index < -0.39 is 11.7 Å². The van der Waals surface area contributed by atoms with Crippen LogP contribution in [0.3, 0.4) is 0 Å². The summed E-state index contributed by atoms with van der Waals surface area (Å²) in [7, 11) is 4.55. The second kappa shape index (κ2) is 9.97. The van der Waals surface area contributed by atoms with E-state index in [4.69, 9.17) is 14.2 Å². The van der Waals surface area contributed by atoms with Gasteiger partial charge in [-0.2, -0.15) is 0 Å². The van der Waals surface area contributed by atoms with Crippen LogP contribution in [-0.2, 0) is 16.0 Å². The van der Waals surface area contributed by atoms with Crippen molar-refractivity contribution < 1.29 is 28.6 Å². The maximum atomic E-state index is 12.7. The molecule has 0 atom stereocenters. The number of hydrogen-bond acceptors (Lipinski definition) is 6. The van der Waals surface area contributed by atoms with Crippen LogP contribution in [0.4, 0.5) is 0 Å². The molecule has 164 valence electrons. The lowest BCUT2D eigenvalue weighted by Crippen LogP contribution is -2.52. The Morgan fingerprint density at radius 2 is 1.48 bits per heavy atom. The van der Waals surface area contributed by atoms with Crippen LogP contribution in [0.1, 0.15) is 15.9 Å². The highest BCUT2D eigenvalue weighted by Crippen LogP contribution is 2.28. The van der Waals surface area contributed by atoms with Crippen molar-refractivity contribution in [2.75, 3.05) is 47.5 Å². The van der Waals surface area contributed by atoms with Crippen LogP contribution in [0.15, 0.2) is 42.5 Å². The number of Topliss-reactive ketones (excluding diaryl/α,β-unsaturated/α-hetero) is 1. The highest BCUT2D eigenvalue weighted by molar-refractivity contribution is 6.42. The predicted octanol–water partition coefficient (Wildman–Crippen LogP) is 1.81. The summed E-state index contributed by atoms with van der Waals surface area (Å²) in [6, 6.07) is 12.0. The predicted molar refractivity (Wildman–Crippen MR) is 114 cm³/mol. The molecule has 0 aromatic heterocycles. The van der Waals surface area contributed by atoms with Gasteiger partial charge in [-0.3, -0.25) is 14.4 Å². The Bertz CT molecular complexity index is 966. The van der Waals surface area contributed by atoms with Gasteiger partial charge in [-0.15, -0.1) is 0 Å². The summed E-state index contributed by atoms with van der Waals surface area (Å²) < 4.78 is 15.6. The van der Waals surface area contributed by atoms with Gasteiger partial charge in [0.05, 0.1) is 27.8 Å². The van der Waals surface area contributed by atoms with Crippen molar-refractivity contribution in [2.45, 2.75) is 6.42 Å². The zero-order chi connectivity index (χ0) is 22.4. The fraction of sp³-hybridized carbons (Fsp3) is 0.348. The van der Waals surface area contributed by atoms with E-state index in [9.17, 15) is 14.4 Å². The molecule has 1 aliphatic heterocycles. The Morgan fingerprint density at radius 3 is 2.13 bits per heavy atom. The number of benzene rings is 2. The third kappa shape index (κ3) is 5.14. The van der Waals surface area contributed by atoms with Crippen LogP contribution in [0.25, 0.3) is 0 Å². The molecule has 2 amide bonds. The maximum Gasteiger partial charge on any atom is 0.295 e. The first-order chi connectivity index (χ1) is 15.0. The van der Waals surface area contributed by atoms with E-state index in [-0.39, 0.29) is 17.9 Å². The number of nitrogens with zero attached hydrogens (tertiary/aromatic N) is 2. The number of carbonyl (C=O) groups excluding carboxylic acids is 3. The molecule has 8 nitrogen and oxygen atoms in total. The number of hydrogen-bond donors (Lipinski definition) is 0. The summed E-state index contributed by atoms with van der Waals surface area (Å²) in [5.41, 5.74) is 1.10. The Hall–Kier alpha value is -3.55. The molecule has 0 saturated carbocycles. The SMILES string of the molecule is COc1cccc(CC(=O)N2CCN(C(=O)C(=O)c3ccc(OC)c(OC)c3)CC2)c1. The molecule has 0 spiro atoms. The van der Waals surface area contributed by atoms with Gasteiger partial charge in [0.25, 0.3) is 11.7 Å². The lowest BCUT2D eigenvalue weighted by molar-refractivity contribution is -0.136. The van der Waals surface area contributed by atoms with E-state index in [0.717, 1.165) is 5.56 Å². The molecule has 2 aromatic carbocycles. The molecule has 0 radical (unpaired) electrons. The monoisotopic (exact) mass is 426 g/mol. The van der Waals surface area contributed by atoms with Crippen molar-refractivity contribution in [3.8, 4) is 17.2 Å². The second-order valence-electron chi connectivity index (χ2n) is 7.10. The first-order valence-corrected chi connectivity index (χ1v) is 9.93. The molecule has 0 N–H and O–H groups in total. The van der Waals surface area contributed by atoms with Gasteiger partial charge in [0.2, 0.25) is 5.91 Å². The molecule has 1 heterocycles. The number of carbonyl (C=O) groups is 3. The van der Waals surface area contributed by atoms with E-state index in [1.54, 1.807) is 18.1 Å². The molecule has 1 fully saturated rings. The van der Waals surface area contributed by atoms with Crippen molar-refractivity contribution in [3.05, 3.63) is 53.6 Å². The van der Waals surface area contributed by atoms with Crippen LogP contribution >= 0.6 is 0 Å². The van der Waals surface area contributed by atoms with Gasteiger partial charge in [-0.05, 0) is 35.9 Å². The van der Waals surface area contributed by atoms with Crippen molar-refractivity contribution in [3.63, 3.8) is 0 Å². The van der Waals surface area contributed by atoms with Gasteiger partial charge >= 0.3 is 0 Å². The average molecular weight is 426 g/mol. The summed E-state index contributed by atoms with van der Waals surface area (Å²) in [6.07, 6.45) is 0.260. The summed E-state index contributed by atoms with van der Waals surface area (Å²) in [4.78, 5) is 41.1. The molecule has 0 unspecified atom stereocenters. The van der Waals surface area contributed by atoms with Crippen LogP contribution in [0.2, 0.25) is 0 Å². The smallest absolute Gasteiger partial charge is 0.295 e. The van der Waals surface area contributed by atoms with Crippen molar-refractivity contribution in [2.24, 2.45) is 0 Å². The standard InChI is InChI=1S/C23H26N2O6/c1-29-18-6-4-5-16(13-18)14-21(26)24-9-11-25(12-10-24)23(28)22(27)17-7-8-19(30-2)20(15-17)31-3/h4-8,13,15H,9-12,14H2,1-3H3. The third-order valence-corrected chi connectivity index (χ3v) is 5.25. The topological polar surface area (TPSA) is 85.4 Å². The minimum Gasteiger partial charge on any atom is -0.497 e. The lowest BCUT2D eigenvalue weighted by Gasteiger charge is -2.34. The van der Waals surface area contributed by atoms with Crippen molar-refractivity contribution in [1.82, 2.24) is 9.80 Å². The van der Waals surface area contributed by atoms with Crippen molar-refractivity contribution in [1.29, 1.82) is 0 Å². The van der Waals surface area contributed by atoms with Gasteiger partial charge in [-0.25, -0.2) is 0 Å². The number of methoxy groups -OCH3 is 3. The van der Waals surface area contributed by atoms with E-state index in [1.807, 2.05) is 24.3 Å². The fourth-order valence-electron chi connectivity index (χ4n) is 3.47. The van der Waals surface area contributed by atoms with Gasteiger partial charge in [-0.1, -0.05) is 12.1 Å². The Labute approximate surface area is 181 Å². The van der Waals surface area contributed by atoms with E-state index in [1.165, 1.54) is 31.3 Å². The molecule has 0 aliphatic carbocycles. The molecular formula is C23H26N2O6. The molecule has 31 heavy (non-hydrogen) atoms. The molecule has 1 saturated heterocycles. The number of piperazine rings is 1. The van der Waals surface area contributed by atoms with Crippen LogP contribution in [0.5, 0.6) is 17.2 Å². The first-order valence-electron chi connectivity index (χ1n) is 9.93. The Morgan fingerprint density at radius 1 is 0.806 bits per heavy atom. The quantitative estimate of drug-likeness (QED) is 0.496. The van der Waals surface area contributed by atoms with E-state index >= 15 is 0 Å². The summed E-state index contributed by atoms with van der Waals surface area (Å²) in [5.74, 6) is 0.342. The van der Waals surface area contributed by atoms with Crippen LogP contribution < -0.4 is 14.2 Å². The fourth-order valence-corrected chi connectivity index (χ4v) is 3.47. The third-order valence-electron chi connectivity index (χ3n) is 5.25. The van der Waals surface area contributed by atoms with Crippen LogP contribution in [0, 0.1) is 0 Å². The van der Waals surface area contributed by atoms with Gasteiger partial charge in [0.1, 0.15) is 5.75 Å². The highest BCUT2D eigenvalue weighted by atomic mass is 16.5. The van der Waals surface area contributed by atoms with Crippen LogP contribution in [-0.4, -0.2) is 74.9 Å². The molecule has 0 bridgehead atoms. The van der Waals surface area contributed by atoms with Gasteiger partial charge < -0.3 is 24.0 Å². The Kier molecular flexibility index (Phi) is 7.12. The van der Waals surface area contributed by atoms with E-state index in [0.29, 0.717) is 43.4 Å². The van der Waals surface area contributed by atoms with Gasteiger partial charge in [0, 0.05) is 31.7 Å². The minimum absolute atomic E-state index is 0.0217. The minimum atomic E-state index is -0.614. The first kappa shape index (κ1) is 22.1. The number of amides is 2. The maximum absolute atomic E-state index is 12.7. The Balaban J connectivity index is 1.57. The van der Waals surface area contributed by atoms with Crippen molar-refractivity contribution >= 4 is 17.6 Å². The molecular weight excluding hydrogens is 400 g/mol. The molecule has 3 rings (SSSR count). The summed E-state index contributed by atoms with van der Waals surface area (Å²) in [6.45, 7) is 1.38. The van der Waals surface area contributed by atoms with Gasteiger partial charge in [0.15, 0.2) is 11.5 Å². The normalized spacial score (nSPS) is 13.5. The molecule has 2 aromatic rings. The molecule has 1 aliphatic rings. The zero-order valence-electron chi connectivity index (χ0n) is 17.9. The summed E-state index contributed by atoms with van der Waals surface area (Å²) >= 11 is 0. The number of rotatable bonds is 7. The number of ether oxygens (including phenoxy) is 3. The molecule has 8 heteroatoms. The summed E-state index contributed by atoms with van der Waals surface area (Å²) in [5, 5.41) is 0. The number of ketones is 1. The second-order valence-corrected chi connectivity index (χ2v) is 7.10. The highest BCUT2D eigenvalue weighted by Gasteiger charge is 2.29. The largest absolute Gasteiger partial charge is 0.497 e. The average Bonchev–Trinajstić information content (AvgIpc) is 2.82. The zero-order valence-corrected chi connectivity index (χ0v) is 17.9. The van der Waals surface area contributed by atoms with E-state index in [2.05, 4.69) is 0 Å². The lowest BCUT2D eigenvalue weighted by atomic mass is 10.1.